The maximum atomic E-state index is 14.2. The number of phenols is 1. The second-order valence-corrected chi connectivity index (χ2v) is 9.27. The van der Waals surface area contributed by atoms with Crippen LogP contribution in [-0.4, -0.2) is 40.6 Å². The summed E-state index contributed by atoms with van der Waals surface area (Å²) in [5.74, 6) is -1.03. The van der Waals surface area contributed by atoms with E-state index in [2.05, 4.69) is 0 Å². The molecule has 2 heterocycles. The summed E-state index contributed by atoms with van der Waals surface area (Å²) in [7, 11) is 0. The minimum Gasteiger partial charge on any atom is -0.504 e. The van der Waals surface area contributed by atoms with Crippen LogP contribution in [0.4, 0.5) is 4.39 Å². The van der Waals surface area contributed by atoms with E-state index in [4.69, 9.17) is 21.1 Å². The number of fused-ring (bicyclic) bond motifs is 1. The minimum atomic E-state index is -1.07. The summed E-state index contributed by atoms with van der Waals surface area (Å²) in [6, 6.07) is 11.2. The number of alkyl halides is 1. The molecule has 0 saturated heterocycles. The molecule has 0 radical (unpaired) electrons. The van der Waals surface area contributed by atoms with Gasteiger partial charge in [-0.3, -0.25) is 9.59 Å². The Bertz CT molecular complexity index is 1180. The molecule has 2 aromatic carbocycles. The predicted octanol–water partition coefficient (Wildman–Crippen LogP) is 4.89. The van der Waals surface area contributed by atoms with Gasteiger partial charge >= 0.3 is 0 Å². The molecule has 5 rings (SSSR count). The molecule has 1 N–H and O–H groups in total. The largest absolute Gasteiger partial charge is 0.504 e. The Morgan fingerprint density at radius 3 is 2.76 bits per heavy atom. The van der Waals surface area contributed by atoms with Crippen LogP contribution < -0.4 is 4.74 Å². The van der Waals surface area contributed by atoms with Gasteiger partial charge in [0, 0.05) is 11.6 Å². The summed E-state index contributed by atoms with van der Waals surface area (Å²) in [5.41, 5.74) is 1.55. The van der Waals surface area contributed by atoms with E-state index in [0.717, 1.165) is 5.56 Å². The highest BCUT2D eigenvalue weighted by atomic mass is 35.5. The molecule has 2 aliphatic heterocycles. The zero-order valence-electron chi connectivity index (χ0n) is 18.7. The Labute approximate surface area is 201 Å². The maximum absolute atomic E-state index is 14.2. The third kappa shape index (κ3) is 3.82. The van der Waals surface area contributed by atoms with Gasteiger partial charge in [0.05, 0.1) is 24.1 Å². The molecule has 0 bridgehead atoms. The highest BCUT2D eigenvalue weighted by Gasteiger charge is 2.53. The summed E-state index contributed by atoms with van der Waals surface area (Å²) in [4.78, 5) is 28.8. The molecule has 1 fully saturated rings. The number of nitrogens with zero attached hydrogens (tertiary/aromatic N) is 1. The van der Waals surface area contributed by atoms with Gasteiger partial charge in [-0.25, -0.2) is 4.39 Å². The molecule has 0 aromatic heterocycles. The van der Waals surface area contributed by atoms with E-state index in [1.54, 1.807) is 36.1 Å². The second kappa shape index (κ2) is 8.95. The van der Waals surface area contributed by atoms with Crippen molar-refractivity contribution in [2.45, 2.75) is 51.0 Å². The van der Waals surface area contributed by atoms with Crippen LogP contribution >= 0.6 is 11.6 Å². The van der Waals surface area contributed by atoms with Crippen LogP contribution in [0.1, 0.15) is 43.4 Å². The van der Waals surface area contributed by atoms with Crippen LogP contribution in [0.3, 0.4) is 0 Å². The van der Waals surface area contributed by atoms with Crippen LogP contribution in [0.2, 0.25) is 5.02 Å². The number of Topliss-reactive ketones (excluding diaryl/α,β-unsaturated/α-hetero) is 1. The molecule has 2 aromatic rings. The molecule has 1 amide bonds. The Morgan fingerprint density at radius 1 is 1.21 bits per heavy atom. The highest BCUT2D eigenvalue weighted by Crippen LogP contribution is 2.48. The zero-order valence-corrected chi connectivity index (χ0v) is 19.4. The molecule has 8 heteroatoms. The number of hydrogen-bond donors (Lipinski definition) is 1. The summed E-state index contributed by atoms with van der Waals surface area (Å²) in [6.45, 7) is 2.28. The van der Waals surface area contributed by atoms with Crippen molar-refractivity contribution in [3.8, 4) is 11.5 Å². The molecule has 1 aliphatic carbocycles. The van der Waals surface area contributed by atoms with Crippen molar-refractivity contribution in [3.63, 3.8) is 0 Å². The van der Waals surface area contributed by atoms with Crippen LogP contribution in [0, 0.1) is 5.92 Å². The Kier molecular flexibility index (Phi) is 5.98. The van der Waals surface area contributed by atoms with Gasteiger partial charge in [0.2, 0.25) is 0 Å². The Morgan fingerprint density at radius 2 is 2.00 bits per heavy atom. The first-order chi connectivity index (χ1) is 16.4. The SMILES string of the molecule is CCOc1cc(C2C3=C(OC4CCC(F)CC4C3=O)C(=O)N2Cc2ccccc2Cl)ccc1O. The first-order valence-electron chi connectivity index (χ1n) is 11.5. The predicted molar refractivity (Wildman–Crippen MR) is 123 cm³/mol. The highest BCUT2D eigenvalue weighted by molar-refractivity contribution is 6.31. The number of halogens is 2. The quantitative estimate of drug-likeness (QED) is 0.652. The van der Waals surface area contributed by atoms with E-state index < -0.39 is 30.1 Å². The van der Waals surface area contributed by atoms with Gasteiger partial charge in [-0.2, -0.15) is 0 Å². The number of aromatic hydroxyl groups is 1. The molecule has 6 nitrogen and oxygen atoms in total. The molecule has 4 unspecified atom stereocenters. The van der Waals surface area contributed by atoms with E-state index in [1.807, 2.05) is 12.1 Å². The van der Waals surface area contributed by atoms with Crippen molar-refractivity contribution >= 4 is 23.3 Å². The number of carbonyl (C=O) groups excluding carboxylic acids is 2. The number of benzene rings is 2. The fourth-order valence-corrected chi connectivity index (χ4v) is 5.35. The molecular formula is C26H25ClFNO5. The van der Waals surface area contributed by atoms with Crippen LogP contribution in [0.5, 0.6) is 11.5 Å². The standard InChI is InChI=1S/C26H25ClFNO5/c1-2-33-21-11-14(7-9-19(21)30)23-22-24(31)17-12-16(28)8-10-20(17)34-25(22)26(32)29(23)13-15-5-3-4-6-18(15)27/h3-7,9,11,16-17,20,23,30H,2,8,10,12-13H2,1H3. The summed E-state index contributed by atoms with van der Waals surface area (Å²) >= 11 is 6.38. The van der Waals surface area contributed by atoms with Gasteiger partial charge < -0.3 is 19.5 Å². The lowest BCUT2D eigenvalue weighted by atomic mass is 9.77. The van der Waals surface area contributed by atoms with Gasteiger partial charge in [-0.05, 0) is 55.5 Å². The number of ether oxygens (including phenoxy) is 2. The minimum absolute atomic E-state index is 0.0339. The van der Waals surface area contributed by atoms with Crippen LogP contribution in [0.25, 0.3) is 0 Å². The Hall–Kier alpha value is -3.06. The van der Waals surface area contributed by atoms with Gasteiger partial charge in [0.1, 0.15) is 12.3 Å². The second-order valence-electron chi connectivity index (χ2n) is 8.87. The number of hydrogen-bond acceptors (Lipinski definition) is 5. The maximum Gasteiger partial charge on any atom is 0.290 e. The number of rotatable bonds is 5. The molecule has 1 saturated carbocycles. The van der Waals surface area contributed by atoms with Crippen molar-refractivity contribution in [2.24, 2.45) is 5.92 Å². The van der Waals surface area contributed by atoms with E-state index >= 15 is 0 Å². The van der Waals surface area contributed by atoms with E-state index in [0.29, 0.717) is 30.0 Å². The molecular weight excluding hydrogens is 461 g/mol. The topological polar surface area (TPSA) is 76.1 Å². The average Bonchev–Trinajstić information content (AvgIpc) is 3.09. The number of amides is 1. The van der Waals surface area contributed by atoms with Crippen molar-refractivity contribution in [3.05, 3.63) is 69.9 Å². The van der Waals surface area contributed by atoms with E-state index in [9.17, 15) is 19.1 Å². The van der Waals surface area contributed by atoms with Gasteiger partial charge in [0.25, 0.3) is 5.91 Å². The van der Waals surface area contributed by atoms with Crippen molar-refractivity contribution in [2.75, 3.05) is 6.61 Å². The van der Waals surface area contributed by atoms with Crippen molar-refractivity contribution in [1.29, 1.82) is 0 Å². The van der Waals surface area contributed by atoms with Gasteiger partial charge in [0.15, 0.2) is 23.0 Å². The molecule has 0 spiro atoms. The number of phenolic OH excluding ortho intramolecular Hbond substituents is 1. The molecule has 178 valence electrons. The lowest BCUT2D eigenvalue weighted by molar-refractivity contribution is -0.136. The van der Waals surface area contributed by atoms with Crippen molar-refractivity contribution < 1.29 is 28.6 Å². The smallest absolute Gasteiger partial charge is 0.290 e. The van der Waals surface area contributed by atoms with Gasteiger partial charge in [-0.1, -0.05) is 35.9 Å². The fraction of sp³-hybridized carbons (Fsp3) is 0.385. The van der Waals surface area contributed by atoms with Crippen LogP contribution in [-0.2, 0) is 20.9 Å². The van der Waals surface area contributed by atoms with Gasteiger partial charge in [-0.15, -0.1) is 0 Å². The first kappa shape index (κ1) is 22.7. The zero-order chi connectivity index (χ0) is 24.0. The number of ketones is 1. The summed E-state index contributed by atoms with van der Waals surface area (Å²) in [6.07, 6.45) is -0.769. The third-order valence-corrected chi connectivity index (χ3v) is 7.15. The monoisotopic (exact) mass is 485 g/mol. The lowest BCUT2D eigenvalue weighted by Gasteiger charge is -2.36. The first-order valence-corrected chi connectivity index (χ1v) is 11.9. The van der Waals surface area contributed by atoms with Crippen LogP contribution in [0.15, 0.2) is 53.8 Å². The molecule has 3 aliphatic rings. The summed E-state index contributed by atoms with van der Waals surface area (Å²) in [5, 5.41) is 10.7. The molecule has 4 atom stereocenters. The third-order valence-electron chi connectivity index (χ3n) is 6.78. The fourth-order valence-electron chi connectivity index (χ4n) is 5.15. The van der Waals surface area contributed by atoms with E-state index in [1.165, 1.54) is 6.07 Å². The summed E-state index contributed by atoms with van der Waals surface area (Å²) < 4.78 is 25.8. The lowest BCUT2D eigenvalue weighted by Crippen LogP contribution is -2.42. The van der Waals surface area contributed by atoms with E-state index in [-0.39, 0.29) is 41.6 Å². The average molecular weight is 486 g/mol. The van der Waals surface area contributed by atoms with Crippen molar-refractivity contribution in [1.82, 2.24) is 4.90 Å². The molecule has 34 heavy (non-hydrogen) atoms. The number of carbonyl (C=O) groups is 2. The Balaban J connectivity index is 1.61. The normalized spacial score (nSPS) is 26.3.